The molecule has 1 saturated carbocycles. The fourth-order valence-electron chi connectivity index (χ4n) is 3.00. The van der Waals surface area contributed by atoms with Crippen molar-refractivity contribution in [3.05, 3.63) is 28.9 Å². The van der Waals surface area contributed by atoms with Crippen LogP contribution in [-0.4, -0.2) is 27.3 Å². The van der Waals surface area contributed by atoms with Crippen LogP contribution in [-0.2, 0) is 6.54 Å². The van der Waals surface area contributed by atoms with Gasteiger partial charge in [0.1, 0.15) is 5.01 Å². The molecule has 0 unspecified atom stereocenters. The number of carbonyl (C=O) groups is 1. The Kier molecular flexibility index (Phi) is 6.38. The molecule has 0 saturated heterocycles. The molecule has 1 aliphatic rings. The molecule has 26 heavy (non-hydrogen) atoms. The average molecular weight is 375 g/mol. The largest absolute Gasteiger partial charge is 0.475 e. The Morgan fingerprint density at radius 3 is 2.88 bits per heavy atom. The van der Waals surface area contributed by atoms with Crippen molar-refractivity contribution in [1.29, 1.82) is 0 Å². The van der Waals surface area contributed by atoms with Gasteiger partial charge in [-0.1, -0.05) is 36.7 Å². The van der Waals surface area contributed by atoms with E-state index in [9.17, 15) is 4.79 Å². The van der Waals surface area contributed by atoms with E-state index in [-0.39, 0.29) is 12.1 Å². The summed E-state index contributed by atoms with van der Waals surface area (Å²) in [6, 6.07) is 3.40. The second-order valence-electron chi connectivity index (χ2n) is 6.72. The number of anilines is 1. The summed E-state index contributed by atoms with van der Waals surface area (Å²) in [5.41, 5.74) is 0.830. The van der Waals surface area contributed by atoms with Gasteiger partial charge in [0, 0.05) is 24.2 Å². The topological polar surface area (TPSA) is 89.0 Å². The first-order valence-electron chi connectivity index (χ1n) is 9.10. The molecule has 2 aromatic rings. The monoisotopic (exact) mass is 375 g/mol. The standard InChI is InChI=1S/C18H25N5O2S/c1-12(2)25-15-14(9-6-10-19-15)11-20-17(24)21-18-23-22-16(26-18)13-7-4-3-5-8-13/h6,9-10,12-13H,3-5,7-8,11H2,1-2H3,(H2,20,21,23,24). The van der Waals surface area contributed by atoms with Gasteiger partial charge in [0.15, 0.2) is 0 Å². The van der Waals surface area contributed by atoms with Gasteiger partial charge in [-0.15, -0.1) is 10.2 Å². The van der Waals surface area contributed by atoms with Crippen LogP contribution in [0.5, 0.6) is 5.88 Å². The second kappa shape index (κ2) is 8.93. The van der Waals surface area contributed by atoms with E-state index >= 15 is 0 Å². The Labute approximate surface area is 157 Å². The highest BCUT2D eigenvalue weighted by atomic mass is 32.1. The van der Waals surface area contributed by atoms with E-state index in [1.54, 1.807) is 6.20 Å². The number of carbonyl (C=O) groups excluding carboxylic acids is 1. The van der Waals surface area contributed by atoms with E-state index < -0.39 is 0 Å². The van der Waals surface area contributed by atoms with Crippen LogP contribution in [0.1, 0.15) is 62.4 Å². The molecule has 2 N–H and O–H groups in total. The summed E-state index contributed by atoms with van der Waals surface area (Å²) in [5.74, 6) is 1.03. The smallest absolute Gasteiger partial charge is 0.321 e. The van der Waals surface area contributed by atoms with Crippen molar-refractivity contribution in [3.8, 4) is 5.88 Å². The van der Waals surface area contributed by atoms with Crippen LogP contribution in [0.2, 0.25) is 0 Å². The van der Waals surface area contributed by atoms with Crippen molar-refractivity contribution in [2.75, 3.05) is 5.32 Å². The molecule has 0 radical (unpaired) electrons. The molecule has 0 spiro atoms. The summed E-state index contributed by atoms with van der Waals surface area (Å²) in [4.78, 5) is 16.4. The lowest BCUT2D eigenvalue weighted by Crippen LogP contribution is -2.28. The molecule has 1 fully saturated rings. The number of hydrogen-bond acceptors (Lipinski definition) is 6. The van der Waals surface area contributed by atoms with Crippen LogP contribution >= 0.6 is 11.3 Å². The minimum Gasteiger partial charge on any atom is -0.475 e. The van der Waals surface area contributed by atoms with Gasteiger partial charge in [0.05, 0.1) is 6.10 Å². The summed E-state index contributed by atoms with van der Waals surface area (Å²) in [7, 11) is 0. The van der Waals surface area contributed by atoms with E-state index in [0.29, 0.717) is 23.5 Å². The normalized spacial score (nSPS) is 15.0. The Morgan fingerprint density at radius 2 is 2.12 bits per heavy atom. The first-order valence-corrected chi connectivity index (χ1v) is 9.92. The van der Waals surface area contributed by atoms with Gasteiger partial charge in [-0.05, 0) is 32.8 Å². The lowest BCUT2D eigenvalue weighted by Gasteiger charge is -2.18. The quantitative estimate of drug-likeness (QED) is 0.794. The molecule has 8 heteroatoms. The summed E-state index contributed by atoms with van der Waals surface area (Å²) >= 11 is 1.47. The summed E-state index contributed by atoms with van der Waals surface area (Å²) in [6.45, 7) is 4.21. The molecular weight excluding hydrogens is 350 g/mol. The number of amides is 2. The number of aromatic nitrogens is 3. The van der Waals surface area contributed by atoms with E-state index in [2.05, 4.69) is 25.8 Å². The third-order valence-corrected chi connectivity index (χ3v) is 5.25. The van der Waals surface area contributed by atoms with Gasteiger partial charge in [-0.2, -0.15) is 0 Å². The Hall–Kier alpha value is -2.22. The van der Waals surface area contributed by atoms with E-state index in [1.807, 2.05) is 26.0 Å². The van der Waals surface area contributed by atoms with Crippen LogP contribution in [0.3, 0.4) is 0 Å². The Morgan fingerprint density at radius 1 is 1.31 bits per heavy atom. The summed E-state index contributed by atoms with van der Waals surface area (Å²) < 4.78 is 5.66. The highest BCUT2D eigenvalue weighted by molar-refractivity contribution is 7.15. The summed E-state index contributed by atoms with van der Waals surface area (Å²) in [5, 5.41) is 15.5. The zero-order chi connectivity index (χ0) is 18.4. The van der Waals surface area contributed by atoms with Crippen molar-refractivity contribution < 1.29 is 9.53 Å². The minimum absolute atomic E-state index is 0.0251. The fourth-order valence-corrected chi connectivity index (χ4v) is 3.91. The molecule has 0 aliphatic heterocycles. The molecule has 0 aromatic carbocycles. The van der Waals surface area contributed by atoms with Crippen molar-refractivity contribution in [2.24, 2.45) is 0 Å². The van der Waals surface area contributed by atoms with Crippen molar-refractivity contribution in [3.63, 3.8) is 0 Å². The van der Waals surface area contributed by atoms with Gasteiger partial charge in [-0.3, -0.25) is 5.32 Å². The molecule has 3 rings (SSSR count). The first-order chi connectivity index (χ1) is 12.6. The third-order valence-electron chi connectivity index (χ3n) is 4.25. The maximum Gasteiger partial charge on any atom is 0.321 e. The minimum atomic E-state index is -0.310. The van der Waals surface area contributed by atoms with E-state index in [0.717, 1.165) is 10.6 Å². The number of nitrogens with zero attached hydrogens (tertiary/aromatic N) is 3. The van der Waals surface area contributed by atoms with Gasteiger partial charge in [0.25, 0.3) is 0 Å². The lowest BCUT2D eigenvalue weighted by atomic mass is 9.90. The predicted octanol–water partition coefficient (Wildman–Crippen LogP) is 4.09. The third kappa shape index (κ3) is 5.14. The zero-order valence-corrected chi connectivity index (χ0v) is 16.0. The van der Waals surface area contributed by atoms with Gasteiger partial charge < -0.3 is 10.1 Å². The molecule has 2 heterocycles. The summed E-state index contributed by atoms with van der Waals surface area (Å²) in [6.07, 6.45) is 7.84. The van der Waals surface area contributed by atoms with Crippen LogP contribution < -0.4 is 15.4 Å². The number of nitrogens with one attached hydrogen (secondary N) is 2. The number of ether oxygens (including phenoxy) is 1. The van der Waals surface area contributed by atoms with E-state index in [4.69, 9.17) is 4.74 Å². The molecule has 2 amide bonds. The number of pyridine rings is 1. The van der Waals surface area contributed by atoms with Crippen LogP contribution in [0, 0.1) is 0 Å². The number of urea groups is 1. The SMILES string of the molecule is CC(C)Oc1ncccc1CNC(=O)Nc1nnc(C2CCCCC2)s1. The van der Waals surface area contributed by atoms with Gasteiger partial charge >= 0.3 is 6.03 Å². The molecule has 2 aromatic heterocycles. The highest BCUT2D eigenvalue weighted by Crippen LogP contribution is 2.35. The fraction of sp³-hybridized carbons (Fsp3) is 0.556. The predicted molar refractivity (Wildman–Crippen MR) is 102 cm³/mol. The molecule has 7 nitrogen and oxygen atoms in total. The molecular formula is C18H25N5O2S. The van der Waals surface area contributed by atoms with Crippen LogP contribution in [0.15, 0.2) is 18.3 Å². The number of rotatable bonds is 6. The van der Waals surface area contributed by atoms with E-state index in [1.165, 1.54) is 43.4 Å². The van der Waals surface area contributed by atoms with Crippen molar-refractivity contribution in [2.45, 2.75) is 64.5 Å². The molecule has 1 aliphatic carbocycles. The van der Waals surface area contributed by atoms with Crippen LogP contribution in [0.25, 0.3) is 0 Å². The van der Waals surface area contributed by atoms with Gasteiger partial charge in [0.2, 0.25) is 11.0 Å². The lowest BCUT2D eigenvalue weighted by molar-refractivity contribution is 0.229. The van der Waals surface area contributed by atoms with Crippen molar-refractivity contribution in [1.82, 2.24) is 20.5 Å². The molecule has 140 valence electrons. The van der Waals surface area contributed by atoms with Crippen LogP contribution in [0.4, 0.5) is 9.93 Å². The van der Waals surface area contributed by atoms with Crippen molar-refractivity contribution >= 4 is 22.5 Å². The highest BCUT2D eigenvalue weighted by Gasteiger charge is 2.20. The molecule has 0 atom stereocenters. The Balaban J connectivity index is 1.52. The Bertz CT molecular complexity index is 728. The number of hydrogen-bond donors (Lipinski definition) is 2. The second-order valence-corrected chi connectivity index (χ2v) is 7.73. The average Bonchev–Trinajstić information content (AvgIpc) is 3.10. The van der Waals surface area contributed by atoms with Gasteiger partial charge in [-0.25, -0.2) is 9.78 Å². The maximum absolute atomic E-state index is 12.2. The first kappa shape index (κ1) is 18.6. The zero-order valence-electron chi connectivity index (χ0n) is 15.2. The molecule has 0 bridgehead atoms. The maximum atomic E-state index is 12.2.